The van der Waals surface area contributed by atoms with Crippen LogP contribution in [0.15, 0.2) is 54.7 Å². The van der Waals surface area contributed by atoms with Crippen molar-refractivity contribution in [3.8, 4) is 0 Å². The van der Waals surface area contributed by atoms with E-state index in [2.05, 4.69) is 34.0 Å². The molecule has 23 heavy (non-hydrogen) atoms. The van der Waals surface area contributed by atoms with Crippen molar-refractivity contribution in [2.75, 3.05) is 0 Å². The predicted octanol–water partition coefficient (Wildman–Crippen LogP) is 4.20. The van der Waals surface area contributed by atoms with Gasteiger partial charge in [-0.05, 0) is 57.7 Å². The lowest BCUT2D eigenvalue weighted by Crippen LogP contribution is -2.41. The van der Waals surface area contributed by atoms with Crippen LogP contribution in [0.25, 0.3) is 0 Å². The summed E-state index contributed by atoms with van der Waals surface area (Å²) in [5, 5.41) is 0. The van der Waals surface area contributed by atoms with Gasteiger partial charge in [0.25, 0.3) is 0 Å². The van der Waals surface area contributed by atoms with Crippen LogP contribution >= 0.6 is 0 Å². The molecule has 0 bridgehead atoms. The maximum Gasteiger partial charge on any atom is 0.136 e. The maximum absolute atomic E-state index is 12.5. The standard InChI is InChI=1S/C19H26N2OS/c1-19(2,3)23(22)21-18(17-13-7-8-15-20-17)14-9-12-16-10-5-4-6-11-16/h4-8,10-11,13,15,18,21H,9,12,14H2,1-3H3/t18-,23?/m0/s1. The summed E-state index contributed by atoms with van der Waals surface area (Å²) in [6.45, 7) is 5.95. The van der Waals surface area contributed by atoms with Crippen molar-refractivity contribution in [2.45, 2.75) is 50.8 Å². The average molecular weight is 330 g/mol. The zero-order valence-electron chi connectivity index (χ0n) is 14.2. The minimum absolute atomic E-state index is 0.0139. The van der Waals surface area contributed by atoms with Crippen LogP contribution in [0.4, 0.5) is 0 Å². The number of rotatable bonds is 7. The quantitative estimate of drug-likeness (QED) is 0.774. The lowest BCUT2D eigenvalue weighted by atomic mass is 10.0. The monoisotopic (exact) mass is 330 g/mol. The highest BCUT2D eigenvalue weighted by Gasteiger charge is 2.30. The molecule has 1 aromatic heterocycles. The van der Waals surface area contributed by atoms with Gasteiger partial charge in [0.2, 0.25) is 0 Å². The van der Waals surface area contributed by atoms with Gasteiger partial charge >= 0.3 is 0 Å². The second-order valence-corrected chi connectivity index (χ2v) is 8.68. The molecule has 4 heteroatoms. The predicted molar refractivity (Wildman–Crippen MR) is 97.4 cm³/mol. The Balaban J connectivity index is 1.99. The van der Waals surface area contributed by atoms with Crippen LogP contribution < -0.4 is 4.72 Å². The first-order valence-electron chi connectivity index (χ1n) is 8.10. The van der Waals surface area contributed by atoms with Crippen LogP contribution in [-0.2, 0) is 17.8 Å². The Labute approximate surface area is 142 Å². The molecule has 0 aliphatic heterocycles. The number of aromatic nitrogens is 1. The van der Waals surface area contributed by atoms with Crippen molar-refractivity contribution in [2.24, 2.45) is 0 Å². The van der Waals surface area contributed by atoms with Crippen molar-refractivity contribution in [1.82, 2.24) is 9.71 Å². The van der Waals surface area contributed by atoms with E-state index < -0.39 is 11.4 Å². The molecule has 0 spiro atoms. The first-order chi connectivity index (χ1) is 11.0. The van der Waals surface area contributed by atoms with E-state index in [1.54, 1.807) is 6.20 Å². The van der Waals surface area contributed by atoms with E-state index in [1.165, 1.54) is 5.56 Å². The number of hydrogen-bond donors (Lipinski definition) is 1. The van der Waals surface area contributed by atoms with Crippen molar-refractivity contribution in [1.29, 1.82) is 0 Å². The van der Waals surface area contributed by atoms with Gasteiger partial charge in [0, 0.05) is 17.6 Å². The van der Waals surface area contributed by atoms with Gasteiger partial charge in [-0.15, -0.1) is 4.72 Å². The van der Waals surface area contributed by atoms with Gasteiger partial charge in [-0.3, -0.25) is 4.98 Å². The van der Waals surface area contributed by atoms with Gasteiger partial charge in [-0.25, -0.2) is 0 Å². The summed E-state index contributed by atoms with van der Waals surface area (Å²) < 4.78 is 15.4. The first kappa shape index (κ1) is 18.0. The van der Waals surface area contributed by atoms with E-state index in [9.17, 15) is 4.55 Å². The minimum Gasteiger partial charge on any atom is -0.598 e. The van der Waals surface area contributed by atoms with Gasteiger partial charge < -0.3 is 4.55 Å². The van der Waals surface area contributed by atoms with E-state index in [0.29, 0.717) is 0 Å². The van der Waals surface area contributed by atoms with Gasteiger partial charge in [-0.1, -0.05) is 36.4 Å². The Morgan fingerprint density at radius 3 is 2.39 bits per heavy atom. The molecule has 0 aliphatic carbocycles. The summed E-state index contributed by atoms with van der Waals surface area (Å²) in [5.74, 6) is 0. The summed E-state index contributed by atoms with van der Waals surface area (Å²) in [6, 6.07) is 16.4. The fourth-order valence-corrected chi connectivity index (χ4v) is 3.16. The van der Waals surface area contributed by atoms with Gasteiger partial charge in [0.05, 0.1) is 11.7 Å². The molecule has 3 nitrogen and oxygen atoms in total. The summed E-state index contributed by atoms with van der Waals surface area (Å²) in [4.78, 5) is 4.44. The Bertz CT molecular complexity index is 569. The molecule has 124 valence electrons. The molecular formula is C19H26N2OS. The topological polar surface area (TPSA) is 48.0 Å². The van der Waals surface area contributed by atoms with E-state index in [4.69, 9.17) is 0 Å². The first-order valence-corrected chi connectivity index (χ1v) is 9.25. The zero-order chi connectivity index (χ0) is 16.7. The van der Waals surface area contributed by atoms with Crippen molar-refractivity contribution >= 4 is 11.4 Å². The number of aryl methyl sites for hydroxylation is 1. The normalized spacial score (nSPS) is 14.4. The molecule has 0 saturated heterocycles. The van der Waals surface area contributed by atoms with Crippen LogP contribution in [0, 0.1) is 0 Å². The largest absolute Gasteiger partial charge is 0.598 e. The zero-order valence-corrected chi connectivity index (χ0v) is 15.0. The van der Waals surface area contributed by atoms with E-state index in [0.717, 1.165) is 25.0 Å². The van der Waals surface area contributed by atoms with Gasteiger partial charge in [0.15, 0.2) is 0 Å². The van der Waals surface area contributed by atoms with Crippen LogP contribution in [0.3, 0.4) is 0 Å². The second-order valence-electron chi connectivity index (χ2n) is 6.68. The molecule has 0 fully saturated rings. The number of benzene rings is 1. The number of pyridine rings is 1. The van der Waals surface area contributed by atoms with Gasteiger partial charge in [-0.2, -0.15) is 0 Å². The SMILES string of the molecule is CC(C)(C)[S+]([O-])N[C@@H](CCCc1ccccc1)c1ccccn1. The third kappa shape index (κ3) is 5.98. The summed E-state index contributed by atoms with van der Waals surface area (Å²) in [6.07, 6.45) is 4.75. The molecule has 1 aromatic carbocycles. The third-order valence-corrected chi connectivity index (χ3v) is 5.26. The Morgan fingerprint density at radius 1 is 1.09 bits per heavy atom. The smallest absolute Gasteiger partial charge is 0.136 e. The summed E-state index contributed by atoms with van der Waals surface area (Å²) in [7, 11) is 0. The number of nitrogens with zero attached hydrogens (tertiary/aromatic N) is 1. The van der Waals surface area contributed by atoms with Crippen LogP contribution in [0.2, 0.25) is 0 Å². The molecule has 0 aliphatic rings. The highest BCUT2D eigenvalue weighted by atomic mass is 32.2. The molecule has 0 radical (unpaired) electrons. The maximum atomic E-state index is 12.5. The van der Waals surface area contributed by atoms with Crippen molar-refractivity contribution < 1.29 is 4.55 Å². The molecule has 2 atom stereocenters. The van der Waals surface area contributed by atoms with Crippen LogP contribution in [-0.4, -0.2) is 14.3 Å². The average Bonchev–Trinajstić information content (AvgIpc) is 2.54. The minimum atomic E-state index is -1.11. The molecule has 1 heterocycles. The Hall–Kier alpha value is -1.36. The Kier molecular flexibility index (Phi) is 6.63. The Morgan fingerprint density at radius 2 is 1.78 bits per heavy atom. The van der Waals surface area contributed by atoms with Crippen LogP contribution in [0.5, 0.6) is 0 Å². The molecule has 0 amide bonds. The summed E-state index contributed by atoms with van der Waals surface area (Å²) in [5.41, 5.74) is 2.29. The molecule has 1 unspecified atom stereocenters. The second kappa shape index (κ2) is 8.48. The molecule has 1 N–H and O–H groups in total. The highest BCUT2D eigenvalue weighted by molar-refractivity contribution is 7.90. The van der Waals surface area contributed by atoms with Crippen molar-refractivity contribution in [3.63, 3.8) is 0 Å². The lowest BCUT2D eigenvalue weighted by Gasteiger charge is -2.27. The highest BCUT2D eigenvalue weighted by Crippen LogP contribution is 2.23. The van der Waals surface area contributed by atoms with E-state index >= 15 is 0 Å². The fourth-order valence-electron chi connectivity index (χ4n) is 2.31. The van der Waals surface area contributed by atoms with Crippen molar-refractivity contribution in [3.05, 3.63) is 66.0 Å². The van der Waals surface area contributed by atoms with E-state index in [1.807, 2.05) is 45.0 Å². The van der Waals surface area contributed by atoms with Crippen LogP contribution in [0.1, 0.15) is 50.9 Å². The third-order valence-electron chi connectivity index (χ3n) is 3.65. The lowest BCUT2D eigenvalue weighted by molar-refractivity contribution is 0.499. The molecule has 2 aromatic rings. The molecule has 0 saturated carbocycles. The molecular weight excluding hydrogens is 304 g/mol. The summed E-state index contributed by atoms with van der Waals surface area (Å²) >= 11 is -1.11. The van der Waals surface area contributed by atoms with E-state index in [-0.39, 0.29) is 10.8 Å². The van der Waals surface area contributed by atoms with Gasteiger partial charge in [0.1, 0.15) is 4.75 Å². The fraction of sp³-hybridized carbons (Fsp3) is 0.421. The number of nitrogens with one attached hydrogen (secondary N) is 1. The number of hydrogen-bond acceptors (Lipinski definition) is 3. The molecule has 2 rings (SSSR count).